The van der Waals surface area contributed by atoms with Gasteiger partial charge >= 0.3 is 0 Å². The minimum absolute atomic E-state index is 0.250. The summed E-state index contributed by atoms with van der Waals surface area (Å²) in [5.41, 5.74) is 15.1. The number of benzene rings is 4. The van der Waals surface area contributed by atoms with Crippen LogP contribution in [0.3, 0.4) is 0 Å². The van der Waals surface area contributed by atoms with E-state index in [2.05, 4.69) is 58.9 Å². The van der Waals surface area contributed by atoms with Gasteiger partial charge in [-0.3, -0.25) is 0 Å². The predicted molar refractivity (Wildman–Crippen MR) is 319 cm³/mol. The zero-order valence-electron chi connectivity index (χ0n) is 46.2. The van der Waals surface area contributed by atoms with Crippen LogP contribution in [0.5, 0.6) is 23.0 Å². The molecule has 1 aliphatic rings. The zero-order chi connectivity index (χ0) is 54.8. The van der Waals surface area contributed by atoms with Crippen LogP contribution in [0.4, 0.5) is 11.4 Å². The normalized spacial score (nSPS) is 12.1. The second-order valence-electron chi connectivity index (χ2n) is 19.1. The largest absolute Gasteiger partial charge is 0.491 e. The molecule has 4 aromatic rings. The molecule has 1 saturated carbocycles. The van der Waals surface area contributed by atoms with Gasteiger partial charge in [-0.25, -0.2) is 0 Å². The van der Waals surface area contributed by atoms with E-state index in [0.717, 1.165) is 131 Å². The summed E-state index contributed by atoms with van der Waals surface area (Å²) < 4.78 is 25.3. The Kier molecular flexibility index (Phi) is 31.6. The molecule has 14 heteroatoms. The molecule has 4 N–H and O–H groups in total. The summed E-state index contributed by atoms with van der Waals surface area (Å²) in [7, 11) is 0. The van der Waals surface area contributed by atoms with Crippen molar-refractivity contribution in [2.24, 2.45) is 0 Å². The van der Waals surface area contributed by atoms with E-state index >= 15 is 0 Å². The average molecular weight is 1110 g/mol. The fraction of sp³-hybridized carbons (Fsp3) is 0.548. The number of nitriles is 4. The molecule has 0 spiro atoms. The van der Waals surface area contributed by atoms with Crippen molar-refractivity contribution in [1.29, 1.82) is 21.0 Å². The maximum absolute atomic E-state index is 10.2. The lowest BCUT2D eigenvalue weighted by atomic mass is 10.0. The lowest BCUT2D eigenvalue weighted by Gasteiger charge is -2.26. The number of para-hydroxylation sites is 2. The van der Waals surface area contributed by atoms with Crippen LogP contribution in [0.1, 0.15) is 205 Å². The molecule has 4 aromatic carbocycles. The van der Waals surface area contributed by atoms with Crippen molar-refractivity contribution < 1.29 is 18.9 Å². The highest BCUT2D eigenvalue weighted by Crippen LogP contribution is 2.54. The number of thioether (sulfide) groups is 2. The first-order valence-corrected chi connectivity index (χ1v) is 31.7. The molecule has 0 bridgehead atoms. The molecule has 1 fully saturated rings. The Hall–Kier alpha value is -4.96. The molecule has 0 heterocycles. The van der Waals surface area contributed by atoms with Gasteiger partial charge in [0.05, 0.1) is 46.0 Å². The second kappa shape index (κ2) is 37.8. The Labute approximate surface area is 474 Å². The summed E-state index contributed by atoms with van der Waals surface area (Å²) in [5, 5.41) is 41.4. The van der Waals surface area contributed by atoms with Gasteiger partial charge in [-0.2, -0.15) is 21.0 Å². The van der Waals surface area contributed by atoms with Crippen molar-refractivity contribution in [2.45, 2.75) is 217 Å². The topological polar surface area (TPSA) is 184 Å². The molecule has 0 atom stereocenters. The van der Waals surface area contributed by atoms with Gasteiger partial charge in [0.15, 0.2) is 23.0 Å². The molecule has 10 nitrogen and oxygen atoms in total. The van der Waals surface area contributed by atoms with Gasteiger partial charge in [0.1, 0.15) is 46.5 Å². The van der Waals surface area contributed by atoms with E-state index < -0.39 is 0 Å². The van der Waals surface area contributed by atoms with E-state index in [9.17, 15) is 21.0 Å². The molecule has 0 aromatic heterocycles. The van der Waals surface area contributed by atoms with E-state index in [1.165, 1.54) is 74.9 Å². The smallest absolute Gasteiger partial charge is 0.153 e. The third kappa shape index (κ3) is 20.1. The van der Waals surface area contributed by atoms with Gasteiger partial charge in [0.25, 0.3) is 0 Å². The van der Waals surface area contributed by atoms with Crippen molar-refractivity contribution in [3.8, 4) is 47.3 Å². The zero-order valence-corrected chi connectivity index (χ0v) is 49.5. The monoisotopic (exact) mass is 1100 g/mol. The molecule has 0 radical (unpaired) electrons. The molecule has 5 rings (SSSR count). The summed E-state index contributed by atoms with van der Waals surface area (Å²) in [6.45, 7) is 12.8. The van der Waals surface area contributed by atoms with Crippen molar-refractivity contribution >= 4 is 58.4 Å². The van der Waals surface area contributed by atoms with E-state index in [0.29, 0.717) is 66.1 Å². The second-order valence-corrected chi connectivity index (χ2v) is 23.6. The first-order chi connectivity index (χ1) is 37.3. The van der Waals surface area contributed by atoms with Crippen LogP contribution >= 0.6 is 47.0 Å². The predicted octanol–water partition coefficient (Wildman–Crippen LogP) is 18.5. The van der Waals surface area contributed by atoms with Crippen LogP contribution in [0.15, 0.2) is 77.9 Å². The number of nitrogens with zero attached hydrogens (tertiary/aromatic N) is 4. The third-order valence-electron chi connectivity index (χ3n) is 12.9. The van der Waals surface area contributed by atoms with Crippen LogP contribution in [0.25, 0.3) is 0 Å². The van der Waals surface area contributed by atoms with E-state index in [4.69, 9.17) is 30.4 Å². The summed E-state index contributed by atoms with van der Waals surface area (Å²) in [5.74, 6) is 2.91. The van der Waals surface area contributed by atoms with Crippen LogP contribution in [-0.4, -0.2) is 37.4 Å². The molecule has 410 valence electrons. The van der Waals surface area contributed by atoms with Gasteiger partial charge in [-0.1, -0.05) is 185 Å². The fourth-order valence-corrected chi connectivity index (χ4v) is 13.6. The highest BCUT2D eigenvalue weighted by Gasteiger charge is 2.31. The summed E-state index contributed by atoms with van der Waals surface area (Å²) in [6, 6.07) is 24.7. The Morgan fingerprint density at radius 1 is 0.434 bits per heavy atom. The highest BCUT2D eigenvalue weighted by molar-refractivity contribution is 8.03. The lowest BCUT2D eigenvalue weighted by molar-refractivity contribution is 0.283. The quantitative estimate of drug-likeness (QED) is 0.0256. The van der Waals surface area contributed by atoms with Crippen molar-refractivity contribution in [2.75, 3.05) is 43.6 Å². The van der Waals surface area contributed by atoms with Crippen LogP contribution in [0.2, 0.25) is 0 Å². The maximum Gasteiger partial charge on any atom is 0.153 e. The highest BCUT2D eigenvalue weighted by atomic mass is 32.2. The number of hydrogen-bond acceptors (Lipinski definition) is 14. The Bertz CT molecular complexity index is 2540. The standard InChI is InChI=1S/C32H45N3O2S2.C30H39N3O2S2/c1-4-7-10-11-12-17-22-38-31-29(36-20-15-8-5-2)25(23-33)26(24-34)30(37-21-16-9-6-3)32(31)39-28-19-14-13-18-27(28)35;1-3-5-12-18-34-27-23(20-31)24(21-32)28(35-19-13-6-4-2)30(37-26-17-11-10-16-25(26)33)29(27)36-22-14-8-7-9-15-22/h13-14,18-19H,4-12,15-17,20-22,35H2,1-3H3;10-11,16-17,22H,3-9,12-15,18-19,33H2,1-2H3. The molecular formula is C62H84N6O4S4. The fourth-order valence-electron chi connectivity index (χ4n) is 8.60. The van der Waals surface area contributed by atoms with Gasteiger partial charge in [0, 0.05) is 26.4 Å². The SMILES string of the molecule is CCCCCCCCSc1c(OCCCCC)c(C#N)c(C#N)c(OCCCCC)c1Sc1ccccc1N.CCCCCOc1c(C#N)c(C#N)c(OCCCCC)c(SC2CCCCC2)c1Sc1ccccc1N. The van der Waals surface area contributed by atoms with E-state index in [-0.39, 0.29) is 22.3 Å². The van der Waals surface area contributed by atoms with Gasteiger partial charge in [-0.15, -0.1) is 23.5 Å². The summed E-state index contributed by atoms with van der Waals surface area (Å²) in [4.78, 5) is 5.25. The minimum atomic E-state index is 0.250. The van der Waals surface area contributed by atoms with Crippen molar-refractivity contribution in [3.05, 3.63) is 70.8 Å². The van der Waals surface area contributed by atoms with Crippen molar-refractivity contribution in [1.82, 2.24) is 0 Å². The molecule has 76 heavy (non-hydrogen) atoms. The Morgan fingerprint density at radius 2 is 0.776 bits per heavy atom. The number of nitrogens with two attached hydrogens (primary N) is 2. The molecule has 0 saturated heterocycles. The Balaban J connectivity index is 0.000000329. The number of nitrogen functional groups attached to an aromatic ring is 2. The Morgan fingerprint density at radius 3 is 1.17 bits per heavy atom. The van der Waals surface area contributed by atoms with Gasteiger partial charge in [-0.05, 0) is 75.0 Å². The minimum Gasteiger partial charge on any atom is -0.491 e. The average Bonchev–Trinajstić information content (AvgIpc) is 3.44. The first kappa shape index (κ1) is 63.6. The van der Waals surface area contributed by atoms with Crippen LogP contribution in [0, 0.1) is 45.3 Å². The number of rotatable bonds is 34. The molecule has 1 aliphatic carbocycles. The van der Waals surface area contributed by atoms with E-state index in [1.54, 1.807) is 23.5 Å². The maximum atomic E-state index is 10.2. The number of anilines is 2. The molecule has 0 aliphatic heterocycles. The number of unbranched alkanes of at least 4 members (excludes halogenated alkanes) is 13. The molecule has 0 unspecified atom stereocenters. The summed E-state index contributed by atoms with van der Waals surface area (Å²) in [6.07, 6.45) is 25.3. The summed E-state index contributed by atoms with van der Waals surface area (Å²) >= 11 is 6.51. The van der Waals surface area contributed by atoms with E-state index in [1.807, 2.05) is 48.5 Å². The van der Waals surface area contributed by atoms with Crippen molar-refractivity contribution in [3.63, 3.8) is 0 Å². The van der Waals surface area contributed by atoms with Gasteiger partial charge < -0.3 is 30.4 Å². The first-order valence-electron chi connectivity index (χ1n) is 28.2. The molecular weight excluding hydrogens is 1020 g/mol. The van der Waals surface area contributed by atoms with Crippen LogP contribution < -0.4 is 30.4 Å². The lowest BCUT2D eigenvalue weighted by Crippen LogP contribution is -2.11. The number of ether oxygens (including phenoxy) is 4. The van der Waals surface area contributed by atoms with Crippen LogP contribution in [-0.2, 0) is 0 Å². The number of hydrogen-bond donors (Lipinski definition) is 2. The van der Waals surface area contributed by atoms with Gasteiger partial charge in [0.2, 0.25) is 0 Å². The molecule has 0 amide bonds. The third-order valence-corrected chi connectivity index (χ3v) is 18.1.